The number of hydrogen-bond donors (Lipinski definition) is 3. The fraction of sp³-hybridized carbons (Fsp3) is 0.364. The Morgan fingerprint density at radius 1 is 1.23 bits per heavy atom. The minimum atomic E-state index is -2.89. The molecule has 3 rings (SSSR count). The summed E-state index contributed by atoms with van der Waals surface area (Å²) in [6.45, 7) is 1.08. The number of halogens is 3. The van der Waals surface area contributed by atoms with Crippen molar-refractivity contribution >= 4 is 23.4 Å². The Morgan fingerprint density at radius 2 is 1.94 bits per heavy atom. The highest BCUT2D eigenvalue weighted by molar-refractivity contribution is 6.31. The van der Waals surface area contributed by atoms with Gasteiger partial charge in [-0.25, -0.2) is 0 Å². The maximum atomic E-state index is 12.4. The monoisotopic (exact) mass is 451 g/mol. The van der Waals surface area contributed by atoms with Crippen molar-refractivity contribution in [2.45, 2.75) is 45.6 Å². The molecule has 2 aromatic carbocycles. The first-order valence-electron chi connectivity index (χ1n) is 9.89. The third-order valence-corrected chi connectivity index (χ3v) is 5.28. The van der Waals surface area contributed by atoms with E-state index in [2.05, 4.69) is 20.7 Å². The molecule has 1 saturated heterocycles. The van der Waals surface area contributed by atoms with E-state index in [1.54, 1.807) is 18.2 Å². The molecule has 0 aliphatic carbocycles. The molecule has 0 spiro atoms. The minimum absolute atomic E-state index is 0.0507. The predicted octanol–water partition coefficient (Wildman–Crippen LogP) is 4.06. The van der Waals surface area contributed by atoms with Crippen molar-refractivity contribution in [3.63, 3.8) is 0 Å². The summed E-state index contributed by atoms with van der Waals surface area (Å²) in [7, 11) is 0. The molecule has 0 saturated carbocycles. The van der Waals surface area contributed by atoms with Gasteiger partial charge in [0.15, 0.2) is 0 Å². The number of carbonyl (C=O) groups excluding carboxylic acids is 2. The highest BCUT2D eigenvalue weighted by Crippen LogP contribution is 2.30. The van der Waals surface area contributed by atoms with Crippen LogP contribution < -0.4 is 20.7 Å². The van der Waals surface area contributed by atoms with Gasteiger partial charge in [0.1, 0.15) is 11.9 Å². The molecule has 31 heavy (non-hydrogen) atoms. The van der Waals surface area contributed by atoms with Crippen LogP contribution in [0.3, 0.4) is 0 Å². The summed E-state index contributed by atoms with van der Waals surface area (Å²) in [5.41, 5.74) is 2.28. The van der Waals surface area contributed by atoms with Gasteiger partial charge >= 0.3 is 6.61 Å². The summed E-state index contributed by atoms with van der Waals surface area (Å²) in [6.07, 6.45) is -0.357. The SMILES string of the molecule is CC(C)C(=O)NCc1ccc(Cl)c(C2NC(=O)CC(c3ccc(OC(F)F)cc3)N2)c1. The zero-order valence-electron chi connectivity index (χ0n) is 17.1. The van der Waals surface area contributed by atoms with E-state index < -0.39 is 12.8 Å². The third kappa shape index (κ3) is 6.15. The number of carbonyl (C=O) groups is 2. The van der Waals surface area contributed by atoms with Gasteiger partial charge in [-0.15, -0.1) is 0 Å². The van der Waals surface area contributed by atoms with Crippen molar-refractivity contribution in [1.82, 2.24) is 16.0 Å². The molecule has 1 heterocycles. The van der Waals surface area contributed by atoms with Gasteiger partial charge in [0.25, 0.3) is 0 Å². The molecule has 1 fully saturated rings. The predicted molar refractivity (Wildman–Crippen MR) is 113 cm³/mol. The molecule has 2 atom stereocenters. The molecule has 0 bridgehead atoms. The van der Waals surface area contributed by atoms with Gasteiger partial charge in [-0.1, -0.05) is 43.6 Å². The molecule has 0 aromatic heterocycles. The Morgan fingerprint density at radius 3 is 2.58 bits per heavy atom. The summed E-state index contributed by atoms with van der Waals surface area (Å²) in [4.78, 5) is 24.2. The molecule has 6 nitrogen and oxygen atoms in total. The average molecular weight is 452 g/mol. The second-order valence-electron chi connectivity index (χ2n) is 7.60. The molecule has 2 aromatic rings. The number of amides is 2. The summed E-state index contributed by atoms with van der Waals surface area (Å²) >= 11 is 6.39. The quantitative estimate of drug-likeness (QED) is 0.593. The number of ether oxygens (including phenoxy) is 1. The van der Waals surface area contributed by atoms with Gasteiger partial charge in [0, 0.05) is 35.5 Å². The van der Waals surface area contributed by atoms with Crippen LogP contribution in [0.15, 0.2) is 42.5 Å². The maximum absolute atomic E-state index is 12.4. The number of hydrogen-bond acceptors (Lipinski definition) is 4. The van der Waals surface area contributed by atoms with Crippen molar-refractivity contribution in [3.8, 4) is 5.75 Å². The minimum Gasteiger partial charge on any atom is -0.435 e. The molecule has 3 N–H and O–H groups in total. The fourth-order valence-electron chi connectivity index (χ4n) is 3.29. The third-order valence-electron chi connectivity index (χ3n) is 4.93. The van der Waals surface area contributed by atoms with Crippen LogP contribution in [-0.2, 0) is 16.1 Å². The highest BCUT2D eigenvalue weighted by atomic mass is 35.5. The lowest BCUT2D eigenvalue weighted by atomic mass is 9.98. The van der Waals surface area contributed by atoms with E-state index in [-0.39, 0.29) is 35.9 Å². The van der Waals surface area contributed by atoms with Gasteiger partial charge < -0.3 is 15.4 Å². The Kier molecular flexibility index (Phi) is 7.46. The van der Waals surface area contributed by atoms with E-state index in [9.17, 15) is 18.4 Å². The molecule has 2 unspecified atom stereocenters. The molecular weight excluding hydrogens is 428 g/mol. The zero-order valence-corrected chi connectivity index (χ0v) is 17.9. The van der Waals surface area contributed by atoms with Gasteiger partial charge in [0.05, 0.1) is 0 Å². The van der Waals surface area contributed by atoms with Crippen LogP contribution in [0.1, 0.15) is 49.2 Å². The van der Waals surface area contributed by atoms with Crippen LogP contribution in [-0.4, -0.2) is 18.4 Å². The Hall–Kier alpha value is -2.71. The van der Waals surface area contributed by atoms with E-state index >= 15 is 0 Å². The normalized spacial score (nSPS) is 18.7. The molecule has 166 valence electrons. The van der Waals surface area contributed by atoms with Gasteiger partial charge in [-0.3, -0.25) is 14.9 Å². The number of nitrogens with one attached hydrogen (secondary N) is 3. The fourth-order valence-corrected chi connectivity index (χ4v) is 3.51. The van der Waals surface area contributed by atoms with Gasteiger partial charge in [-0.2, -0.15) is 8.78 Å². The number of rotatable bonds is 7. The number of benzene rings is 2. The van der Waals surface area contributed by atoms with E-state index in [4.69, 9.17) is 11.6 Å². The lowest BCUT2D eigenvalue weighted by Crippen LogP contribution is -2.46. The Bertz CT molecular complexity index is 938. The number of alkyl halides is 2. The van der Waals surface area contributed by atoms with Crippen LogP contribution in [0.4, 0.5) is 8.78 Å². The second-order valence-corrected chi connectivity index (χ2v) is 8.01. The van der Waals surface area contributed by atoms with Crippen molar-refractivity contribution in [1.29, 1.82) is 0 Å². The van der Waals surface area contributed by atoms with Crippen LogP contribution in [0, 0.1) is 5.92 Å². The Labute approximate surface area is 184 Å². The molecule has 9 heteroatoms. The zero-order chi connectivity index (χ0) is 22.5. The maximum Gasteiger partial charge on any atom is 0.387 e. The summed E-state index contributed by atoms with van der Waals surface area (Å²) in [5.74, 6) is -0.296. The Balaban J connectivity index is 1.75. The second kappa shape index (κ2) is 10.1. The van der Waals surface area contributed by atoms with Gasteiger partial charge in [-0.05, 0) is 35.4 Å². The average Bonchev–Trinajstić information content (AvgIpc) is 2.72. The summed E-state index contributed by atoms with van der Waals surface area (Å²) < 4.78 is 29.1. The van der Waals surface area contributed by atoms with Crippen molar-refractivity contribution in [2.24, 2.45) is 5.92 Å². The van der Waals surface area contributed by atoms with Gasteiger partial charge in [0.2, 0.25) is 11.8 Å². The van der Waals surface area contributed by atoms with Crippen LogP contribution in [0.5, 0.6) is 5.75 Å². The van der Waals surface area contributed by atoms with E-state index in [1.807, 2.05) is 26.0 Å². The van der Waals surface area contributed by atoms with Crippen LogP contribution in [0.2, 0.25) is 5.02 Å². The van der Waals surface area contributed by atoms with Crippen molar-refractivity contribution in [2.75, 3.05) is 0 Å². The smallest absolute Gasteiger partial charge is 0.387 e. The van der Waals surface area contributed by atoms with Crippen molar-refractivity contribution < 1.29 is 23.1 Å². The molecule has 0 radical (unpaired) electrons. The highest BCUT2D eigenvalue weighted by Gasteiger charge is 2.29. The summed E-state index contributed by atoms with van der Waals surface area (Å²) in [6, 6.07) is 11.2. The van der Waals surface area contributed by atoms with E-state index in [0.29, 0.717) is 17.1 Å². The van der Waals surface area contributed by atoms with E-state index in [1.165, 1.54) is 12.1 Å². The van der Waals surface area contributed by atoms with Crippen molar-refractivity contribution in [3.05, 3.63) is 64.2 Å². The standard InChI is InChI=1S/C22H24ClF2N3O3/c1-12(2)21(30)26-11-13-3-8-17(23)16(9-13)20-27-18(10-19(29)28-20)14-4-6-15(7-5-14)31-22(24)25/h3-9,12,18,20,22,27H,10-11H2,1-2H3,(H,26,30)(H,28,29). The topological polar surface area (TPSA) is 79.5 Å². The molecule has 1 aliphatic heterocycles. The van der Waals surface area contributed by atoms with Crippen LogP contribution in [0.25, 0.3) is 0 Å². The molecular formula is C22H24ClF2N3O3. The van der Waals surface area contributed by atoms with E-state index in [0.717, 1.165) is 11.1 Å². The van der Waals surface area contributed by atoms with Crippen LogP contribution >= 0.6 is 11.6 Å². The lowest BCUT2D eigenvalue weighted by molar-refractivity contribution is -0.125. The first kappa shape index (κ1) is 23.0. The first-order valence-corrected chi connectivity index (χ1v) is 10.3. The summed E-state index contributed by atoms with van der Waals surface area (Å²) in [5, 5.41) is 9.54. The largest absolute Gasteiger partial charge is 0.435 e. The first-order chi connectivity index (χ1) is 14.7. The molecule has 2 amide bonds. The lowest BCUT2D eigenvalue weighted by Gasteiger charge is -2.33. The molecule has 1 aliphatic rings.